The van der Waals surface area contributed by atoms with Crippen molar-refractivity contribution in [2.75, 3.05) is 20.1 Å². The molecule has 1 spiro atoms. The minimum Gasteiger partial charge on any atom is -0.305 e. The molecule has 0 N–H and O–H groups in total. The topological polar surface area (TPSA) is 3.24 Å². The Hall–Kier alpha value is -0.0400. The van der Waals surface area contributed by atoms with Gasteiger partial charge in [-0.3, -0.25) is 0 Å². The summed E-state index contributed by atoms with van der Waals surface area (Å²) in [4.78, 5) is 2.46. The zero-order valence-corrected chi connectivity index (χ0v) is 13.6. The molecule has 1 aliphatic carbocycles. The molecule has 1 aliphatic heterocycles. The zero-order chi connectivity index (χ0) is 13.7. The van der Waals surface area contributed by atoms with Crippen molar-refractivity contribution in [3.63, 3.8) is 0 Å². The predicted molar refractivity (Wildman–Crippen MR) is 81.7 cm³/mol. The summed E-state index contributed by atoms with van der Waals surface area (Å²) in [5.74, 6) is 0. The minimum absolute atomic E-state index is 0.783. The van der Waals surface area contributed by atoms with E-state index in [-0.39, 0.29) is 0 Å². The first-order valence-electron chi connectivity index (χ1n) is 7.99. The largest absolute Gasteiger partial charge is 0.305 e. The van der Waals surface area contributed by atoms with Gasteiger partial charge >= 0.3 is 0 Å². The second kappa shape index (κ2) is 12.4. The third-order valence-corrected chi connectivity index (χ3v) is 3.37. The molecule has 1 heteroatoms. The van der Waals surface area contributed by atoms with Crippen molar-refractivity contribution < 1.29 is 0 Å². The van der Waals surface area contributed by atoms with Crippen molar-refractivity contribution in [2.45, 2.75) is 80.1 Å². The van der Waals surface area contributed by atoms with Gasteiger partial charge in [0.1, 0.15) is 0 Å². The lowest BCUT2D eigenvalue weighted by Gasteiger charge is -2.48. The summed E-state index contributed by atoms with van der Waals surface area (Å²) in [6.45, 7) is 14.8. The lowest BCUT2D eigenvalue weighted by atomic mass is 9.74. The van der Waals surface area contributed by atoms with Gasteiger partial charge in [-0.1, -0.05) is 67.2 Å². The van der Waals surface area contributed by atoms with Gasteiger partial charge in [-0.05, 0) is 25.3 Å². The van der Waals surface area contributed by atoms with Crippen LogP contribution in [0.1, 0.15) is 80.1 Å². The van der Waals surface area contributed by atoms with E-state index in [4.69, 9.17) is 0 Å². The lowest BCUT2D eigenvalue weighted by Crippen LogP contribution is -2.53. The first-order valence-corrected chi connectivity index (χ1v) is 7.99. The van der Waals surface area contributed by atoms with Crippen LogP contribution in [-0.2, 0) is 0 Å². The molecule has 2 aliphatic rings. The predicted octanol–water partition coefficient (Wildman–Crippen LogP) is 5.35. The summed E-state index contributed by atoms with van der Waals surface area (Å²) in [5.41, 5.74) is 0.783. The van der Waals surface area contributed by atoms with Crippen molar-refractivity contribution in [3.05, 3.63) is 0 Å². The Kier molecular flexibility index (Phi) is 14.1. The minimum atomic E-state index is 0.783. The van der Waals surface area contributed by atoms with Crippen LogP contribution in [0.25, 0.3) is 0 Å². The standard InChI is InChI=1S/C10H19N.3C2H6/c1-11-8-10(9-11)6-4-2-3-5-7-10;3*1-2/h2-9H2,1H3;3*1-2H3. The van der Waals surface area contributed by atoms with Gasteiger partial charge in [-0.15, -0.1) is 0 Å². The van der Waals surface area contributed by atoms with Crippen LogP contribution in [-0.4, -0.2) is 25.0 Å². The van der Waals surface area contributed by atoms with Gasteiger partial charge in [0.05, 0.1) is 0 Å². The van der Waals surface area contributed by atoms with Crippen LogP contribution >= 0.6 is 0 Å². The number of likely N-dealkylation sites (tertiary alicyclic amines) is 1. The molecule has 0 unspecified atom stereocenters. The molecule has 1 nitrogen and oxygen atoms in total. The molecule has 17 heavy (non-hydrogen) atoms. The van der Waals surface area contributed by atoms with E-state index in [2.05, 4.69) is 11.9 Å². The van der Waals surface area contributed by atoms with Crippen LogP contribution in [0.2, 0.25) is 0 Å². The Bertz CT molecular complexity index is 126. The third-order valence-electron chi connectivity index (χ3n) is 3.37. The summed E-state index contributed by atoms with van der Waals surface area (Å²) >= 11 is 0. The molecule has 1 saturated carbocycles. The number of hydrogen-bond acceptors (Lipinski definition) is 1. The van der Waals surface area contributed by atoms with Crippen molar-refractivity contribution in [1.82, 2.24) is 4.90 Å². The normalized spacial score (nSPS) is 21.4. The molecule has 0 radical (unpaired) electrons. The van der Waals surface area contributed by atoms with Crippen molar-refractivity contribution in [3.8, 4) is 0 Å². The van der Waals surface area contributed by atoms with Gasteiger partial charge in [0, 0.05) is 13.1 Å². The van der Waals surface area contributed by atoms with Crippen LogP contribution in [0.4, 0.5) is 0 Å². The van der Waals surface area contributed by atoms with Gasteiger partial charge < -0.3 is 4.90 Å². The van der Waals surface area contributed by atoms with Crippen LogP contribution in [0.3, 0.4) is 0 Å². The molecular weight excluding hydrogens is 206 g/mol. The van der Waals surface area contributed by atoms with E-state index in [1.165, 1.54) is 51.6 Å². The molecule has 0 aromatic carbocycles. The highest BCUT2D eigenvalue weighted by Gasteiger charge is 2.40. The fourth-order valence-corrected chi connectivity index (χ4v) is 2.89. The summed E-state index contributed by atoms with van der Waals surface area (Å²) in [5, 5.41) is 0. The first-order chi connectivity index (χ1) is 8.31. The highest BCUT2D eigenvalue weighted by molar-refractivity contribution is 4.93. The molecular formula is C16H37N. The van der Waals surface area contributed by atoms with E-state index in [9.17, 15) is 0 Å². The number of rotatable bonds is 0. The van der Waals surface area contributed by atoms with Gasteiger partial charge in [0.2, 0.25) is 0 Å². The number of hydrogen-bond donors (Lipinski definition) is 0. The Morgan fingerprint density at radius 3 is 1.29 bits per heavy atom. The van der Waals surface area contributed by atoms with Gasteiger partial charge in [-0.25, -0.2) is 0 Å². The van der Waals surface area contributed by atoms with Crippen molar-refractivity contribution >= 4 is 0 Å². The van der Waals surface area contributed by atoms with Crippen LogP contribution in [0.15, 0.2) is 0 Å². The molecule has 1 heterocycles. The first kappa shape index (κ1) is 19.3. The quantitative estimate of drug-likeness (QED) is 0.554. The summed E-state index contributed by atoms with van der Waals surface area (Å²) in [6, 6.07) is 0. The molecule has 0 amide bonds. The monoisotopic (exact) mass is 243 g/mol. The van der Waals surface area contributed by atoms with E-state index in [0.717, 1.165) is 5.41 Å². The van der Waals surface area contributed by atoms with E-state index < -0.39 is 0 Å². The van der Waals surface area contributed by atoms with E-state index >= 15 is 0 Å². The lowest BCUT2D eigenvalue weighted by molar-refractivity contribution is 0.00888. The second-order valence-electron chi connectivity index (χ2n) is 4.59. The summed E-state index contributed by atoms with van der Waals surface area (Å²) in [7, 11) is 2.25. The Labute approximate surface area is 111 Å². The molecule has 2 fully saturated rings. The summed E-state index contributed by atoms with van der Waals surface area (Å²) < 4.78 is 0. The molecule has 0 aromatic heterocycles. The smallest absolute Gasteiger partial charge is 0.00474 e. The van der Waals surface area contributed by atoms with Crippen LogP contribution < -0.4 is 0 Å². The SMILES string of the molecule is CC.CC.CC.CN1CC2(CCCCCC2)C1. The molecule has 0 bridgehead atoms. The van der Waals surface area contributed by atoms with Gasteiger partial charge in [0.25, 0.3) is 0 Å². The van der Waals surface area contributed by atoms with Crippen molar-refractivity contribution in [1.29, 1.82) is 0 Å². The van der Waals surface area contributed by atoms with Crippen molar-refractivity contribution in [2.24, 2.45) is 5.41 Å². The average Bonchev–Trinajstić information content (AvgIpc) is 2.62. The zero-order valence-electron chi connectivity index (χ0n) is 13.6. The maximum Gasteiger partial charge on any atom is 0.00474 e. The maximum absolute atomic E-state index is 2.46. The van der Waals surface area contributed by atoms with E-state index in [1.54, 1.807) is 0 Å². The molecule has 2 rings (SSSR count). The second-order valence-corrected chi connectivity index (χ2v) is 4.59. The maximum atomic E-state index is 2.46. The fraction of sp³-hybridized carbons (Fsp3) is 1.00. The number of nitrogens with zero attached hydrogens (tertiary/aromatic N) is 1. The molecule has 1 saturated heterocycles. The van der Waals surface area contributed by atoms with Gasteiger partial charge in [0.15, 0.2) is 0 Å². The summed E-state index contributed by atoms with van der Waals surface area (Å²) in [6.07, 6.45) is 8.99. The van der Waals surface area contributed by atoms with Crippen LogP contribution in [0, 0.1) is 5.41 Å². The highest BCUT2D eigenvalue weighted by atomic mass is 15.2. The van der Waals surface area contributed by atoms with Crippen LogP contribution in [0.5, 0.6) is 0 Å². The molecule has 106 valence electrons. The van der Waals surface area contributed by atoms with Gasteiger partial charge in [-0.2, -0.15) is 0 Å². The highest BCUT2D eigenvalue weighted by Crippen LogP contribution is 2.41. The Morgan fingerprint density at radius 1 is 0.647 bits per heavy atom. The fourth-order valence-electron chi connectivity index (χ4n) is 2.89. The van der Waals surface area contributed by atoms with E-state index in [0.29, 0.717) is 0 Å². The Morgan fingerprint density at radius 2 is 1.00 bits per heavy atom. The third kappa shape index (κ3) is 7.08. The average molecular weight is 243 g/mol. The van der Waals surface area contributed by atoms with E-state index in [1.807, 2.05) is 41.5 Å². The molecule has 0 atom stereocenters. The Balaban J connectivity index is 0. The molecule has 0 aromatic rings.